The Kier molecular flexibility index (Phi) is 6.62. The lowest BCUT2D eigenvalue weighted by Gasteiger charge is -2.28. The van der Waals surface area contributed by atoms with Crippen LogP contribution in [0.1, 0.15) is 67.1 Å². The Morgan fingerprint density at radius 3 is 2.70 bits per heavy atom. The van der Waals surface area contributed by atoms with Gasteiger partial charge in [-0.15, -0.1) is 0 Å². The van der Waals surface area contributed by atoms with Gasteiger partial charge in [0.15, 0.2) is 6.61 Å². The molecule has 1 amide bonds. The van der Waals surface area contributed by atoms with Crippen LogP contribution < -0.4 is 5.32 Å². The molecule has 0 atom stereocenters. The minimum atomic E-state index is -0.432. The topological polar surface area (TPSA) is 71.5 Å². The van der Waals surface area contributed by atoms with Crippen LogP contribution in [-0.2, 0) is 22.5 Å². The van der Waals surface area contributed by atoms with E-state index in [0.717, 1.165) is 67.4 Å². The molecule has 0 radical (unpaired) electrons. The number of aromatic nitrogens is 1. The average molecular weight is 410 g/mol. The number of nitrogens with zero attached hydrogens (tertiary/aromatic N) is 2. The monoisotopic (exact) mass is 409 g/mol. The molecule has 1 aromatic carbocycles. The summed E-state index contributed by atoms with van der Waals surface area (Å²) in [6.45, 7) is 4.42. The summed E-state index contributed by atoms with van der Waals surface area (Å²) in [6.07, 6.45) is 7.59. The molecule has 0 unspecified atom stereocenters. The number of para-hydroxylation sites is 1. The van der Waals surface area contributed by atoms with Crippen molar-refractivity contribution in [3.8, 4) is 0 Å². The lowest BCUT2D eigenvalue weighted by molar-refractivity contribution is -0.125. The molecule has 160 valence electrons. The molecule has 0 spiro atoms. The van der Waals surface area contributed by atoms with Crippen molar-refractivity contribution in [2.45, 2.75) is 64.5 Å². The van der Waals surface area contributed by atoms with Gasteiger partial charge in [-0.1, -0.05) is 50.8 Å². The maximum atomic E-state index is 13.1. The van der Waals surface area contributed by atoms with Gasteiger partial charge in [0, 0.05) is 42.2 Å². The van der Waals surface area contributed by atoms with E-state index >= 15 is 0 Å². The number of benzene rings is 1. The summed E-state index contributed by atoms with van der Waals surface area (Å²) in [7, 11) is 0. The summed E-state index contributed by atoms with van der Waals surface area (Å²) in [5, 5.41) is 3.84. The highest BCUT2D eigenvalue weighted by molar-refractivity contribution is 6.05. The zero-order chi connectivity index (χ0) is 20.9. The van der Waals surface area contributed by atoms with Crippen molar-refractivity contribution in [2.75, 3.05) is 19.7 Å². The van der Waals surface area contributed by atoms with Crippen LogP contribution >= 0.6 is 0 Å². The van der Waals surface area contributed by atoms with E-state index in [9.17, 15) is 9.59 Å². The molecule has 4 rings (SSSR count). The van der Waals surface area contributed by atoms with Gasteiger partial charge in [-0.2, -0.15) is 0 Å². The van der Waals surface area contributed by atoms with Gasteiger partial charge in [0.1, 0.15) is 0 Å². The number of esters is 1. The fourth-order valence-electron chi connectivity index (χ4n) is 4.65. The van der Waals surface area contributed by atoms with Gasteiger partial charge in [0.2, 0.25) is 0 Å². The van der Waals surface area contributed by atoms with Crippen molar-refractivity contribution in [3.63, 3.8) is 0 Å². The fourth-order valence-corrected chi connectivity index (χ4v) is 4.65. The van der Waals surface area contributed by atoms with Crippen LogP contribution in [0.2, 0.25) is 0 Å². The number of ether oxygens (including phenoxy) is 1. The molecule has 1 saturated carbocycles. The summed E-state index contributed by atoms with van der Waals surface area (Å²) in [6, 6.07) is 7.88. The van der Waals surface area contributed by atoms with Crippen molar-refractivity contribution in [2.24, 2.45) is 0 Å². The van der Waals surface area contributed by atoms with Gasteiger partial charge in [-0.05, 0) is 25.5 Å². The molecule has 30 heavy (non-hydrogen) atoms. The predicted molar refractivity (Wildman–Crippen MR) is 116 cm³/mol. The smallest absolute Gasteiger partial charge is 0.339 e. The van der Waals surface area contributed by atoms with Crippen molar-refractivity contribution in [1.29, 1.82) is 0 Å². The molecule has 1 N–H and O–H groups in total. The first-order chi connectivity index (χ1) is 14.7. The molecule has 1 aliphatic carbocycles. The Balaban J connectivity index is 1.51. The summed E-state index contributed by atoms with van der Waals surface area (Å²) in [4.78, 5) is 32.6. The van der Waals surface area contributed by atoms with Crippen LogP contribution in [0.3, 0.4) is 0 Å². The summed E-state index contributed by atoms with van der Waals surface area (Å²) >= 11 is 0. The zero-order valence-corrected chi connectivity index (χ0v) is 17.8. The first-order valence-corrected chi connectivity index (χ1v) is 11.2. The van der Waals surface area contributed by atoms with E-state index in [0.29, 0.717) is 12.1 Å². The molecule has 6 nitrogen and oxygen atoms in total. The number of carbonyl (C=O) groups excluding carboxylic acids is 2. The maximum absolute atomic E-state index is 13.1. The number of hydrogen-bond donors (Lipinski definition) is 1. The van der Waals surface area contributed by atoms with Gasteiger partial charge < -0.3 is 10.1 Å². The van der Waals surface area contributed by atoms with E-state index in [1.54, 1.807) is 0 Å². The van der Waals surface area contributed by atoms with E-state index in [1.165, 1.54) is 12.8 Å². The molecular weight excluding hydrogens is 378 g/mol. The molecule has 2 heterocycles. The molecule has 1 fully saturated rings. The number of carbonyl (C=O) groups is 2. The second-order valence-electron chi connectivity index (χ2n) is 8.38. The van der Waals surface area contributed by atoms with Gasteiger partial charge in [0.25, 0.3) is 5.91 Å². The highest BCUT2D eigenvalue weighted by Crippen LogP contribution is 2.28. The Morgan fingerprint density at radius 1 is 1.17 bits per heavy atom. The lowest BCUT2D eigenvalue weighted by atomic mass is 9.96. The van der Waals surface area contributed by atoms with Crippen LogP contribution in [0.4, 0.5) is 0 Å². The van der Waals surface area contributed by atoms with Crippen LogP contribution in [0.25, 0.3) is 10.9 Å². The highest BCUT2D eigenvalue weighted by atomic mass is 16.5. The molecule has 0 saturated heterocycles. The molecular formula is C24H31N3O3. The summed E-state index contributed by atoms with van der Waals surface area (Å²) < 4.78 is 5.51. The van der Waals surface area contributed by atoms with E-state index in [4.69, 9.17) is 9.72 Å². The largest absolute Gasteiger partial charge is 0.452 e. The Hall–Kier alpha value is -2.47. The van der Waals surface area contributed by atoms with Crippen molar-refractivity contribution < 1.29 is 14.3 Å². The number of fused-ring (bicyclic) bond motifs is 2. The third-order valence-electron chi connectivity index (χ3n) is 6.33. The molecule has 1 aliphatic heterocycles. The first kappa shape index (κ1) is 20.8. The minimum absolute atomic E-state index is 0.200. The summed E-state index contributed by atoms with van der Waals surface area (Å²) in [5.41, 5.74) is 3.27. The summed E-state index contributed by atoms with van der Waals surface area (Å²) in [5.74, 6) is -0.642. The van der Waals surface area contributed by atoms with E-state index in [2.05, 4.69) is 17.1 Å². The predicted octanol–water partition coefficient (Wildman–Crippen LogP) is 3.61. The van der Waals surface area contributed by atoms with Crippen molar-refractivity contribution in [1.82, 2.24) is 15.2 Å². The Labute approximate surface area is 178 Å². The Bertz CT molecular complexity index is 919. The van der Waals surface area contributed by atoms with Gasteiger partial charge in [-0.25, -0.2) is 4.79 Å². The van der Waals surface area contributed by atoms with Crippen molar-refractivity contribution in [3.05, 3.63) is 41.1 Å². The fraction of sp³-hybridized carbons (Fsp3) is 0.542. The second-order valence-corrected chi connectivity index (χ2v) is 8.38. The minimum Gasteiger partial charge on any atom is -0.452 e. The van der Waals surface area contributed by atoms with Crippen molar-refractivity contribution >= 4 is 22.8 Å². The number of amides is 1. The standard InChI is InChI=1S/C24H31N3O3/c1-2-27-14-13-21-19(15-27)23(18-11-7-8-12-20(18)26-21)24(29)30-16-22(28)25-17-9-5-3-4-6-10-17/h7-8,11-12,17H,2-6,9-10,13-16H2,1H3,(H,25,28). The third-order valence-corrected chi connectivity index (χ3v) is 6.33. The molecule has 2 aromatic rings. The van der Waals surface area contributed by atoms with Gasteiger partial charge in [0.05, 0.1) is 11.1 Å². The third kappa shape index (κ3) is 4.64. The van der Waals surface area contributed by atoms with Crippen LogP contribution in [0.15, 0.2) is 24.3 Å². The normalized spacial score (nSPS) is 17.9. The lowest BCUT2D eigenvalue weighted by Crippen LogP contribution is -2.37. The quantitative estimate of drug-likeness (QED) is 0.603. The van der Waals surface area contributed by atoms with Gasteiger partial charge in [-0.3, -0.25) is 14.7 Å². The van der Waals surface area contributed by atoms with Crippen LogP contribution in [-0.4, -0.2) is 47.5 Å². The average Bonchev–Trinajstić information content (AvgIpc) is 3.04. The maximum Gasteiger partial charge on any atom is 0.339 e. The van der Waals surface area contributed by atoms with Crippen LogP contribution in [0, 0.1) is 0 Å². The Morgan fingerprint density at radius 2 is 1.93 bits per heavy atom. The van der Waals surface area contributed by atoms with Crippen LogP contribution in [0.5, 0.6) is 0 Å². The zero-order valence-electron chi connectivity index (χ0n) is 17.8. The highest BCUT2D eigenvalue weighted by Gasteiger charge is 2.26. The van der Waals surface area contributed by atoms with E-state index < -0.39 is 5.97 Å². The number of rotatable bonds is 5. The SMILES string of the molecule is CCN1CCc2nc3ccccc3c(C(=O)OCC(=O)NC3CCCCCC3)c2C1. The molecule has 6 heteroatoms. The number of hydrogen-bond acceptors (Lipinski definition) is 5. The number of likely N-dealkylation sites (N-methyl/N-ethyl adjacent to an activating group) is 1. The molecule has 0 bridgehead atoms. The number of pyridine rings is 1. The first-order valence-electron chi connectivity index (χ1n) is 11.2. The van der Waals surface area contributed by atoms with Gasteiger partial charge >= 0.3 is 5.97 Å². The molecule has 1 aromatic heterocycles. The van der Waals surface area contributed by atoms with E-state index in [1.807, 2.05) is 24.3 Å². The second kappa shape index (κ2) is 9.56. The number of nitrogens with one attached hydrogen (secondary N) is 1. The van der Waals surface area contributed by atoms with E-state index in [-0.39, 0.29) is 18.6 Å². The molecule has 2 aliphatic rings.